The molecule has 1 aromatic heterocycles. The van der Waals surface area contributed by atoms with Crippen LogP contribution >= 0.6 is 23.4 Å². The molecule has 19 heavy (non-hydrogen) atoms. The number of hydrogen-bond donors (Lipinski definition) is 1. The second kappa shape index (κ2) is 6.46. The van der Waals surface area contributed by atoms with Crippen LogP contribution in [0.3, 0.4) is 0 Å². The highest BCUT2D eigenvalue weighted by Crippen LogP contribution is 2.34. The van der Waals surface area contributed by atoms with E-state index in [1.807, 2.05) is 32.0 Å². The van der Waals surface area contributed by atoms with E-state index in [0.717, 1.165) is 40.0 Å². The van der Waals surface area contributed by atoms with Crippen LogP contribution in [0.2, 0.25) is 5.02 Å². The zero-order valence-electron chi connectivity index (χ0n) is 11.3. The Bertz CT molecular complexity index is 549. The Hall–Kier alpha value is -0.970. The first-order chi connectivity index (χ1) is 9.11. The fraction of sp³-hybridized carbons (Fsp3) is 0.357. The number of aromatic nitrogens is 1. The van der Waals surface area contributed by atoms with Crippen molar-refractivity contribution in [1.29, 1.82) is 0 Å². The van der Waals surface area contributed by atoms with E-state index < -0.39 is 0 Å². The SMILES string of the molecule is CCNCc1c(Cl)cccc1Sc1nc(C)c(C)o1. The van der Waals surface area contributed by atoms with Crippen LogP contribution < -0.4 is 5.32 Å². The van der Waals surface area contributed by atoms with E-state index in [2.05, 4.69) is 17.2 Å². The lowest BCUT2D eigenvalue weighted by molar-refractivity contribution is 0.431. The van der Waals surface area contributed by atoms with Crippen molar-refractivity contribution in [2.45, 2.75) is 37.4 Å². The first kappa shape index (κ1) is 14.4. The maximum Gasteiger partial charge on any atom is 0.261 e. The Morgan fingerprint density at radius 2 is 2.16 bits per heavy atom. The molecule has 0 saturated carbocycles. The van der Waals surface area contributed by atoms with Crippen LogP contribution in [0.4, 0.5) is 0 Å². The summed E-state index contributed by atoms with van der Waals surface area (Å²) in [7, 11) is 0. The van der Waals surface area contributed by atoms with Crippen LogP contribution in [0.15, 0.2) is 32.7 Å². The summed E-state index contributed by atoms with van der Waals surface area (Å²) in [6, 6.07) is 5.89. The number of nitrogens with zero attached hydrogens (tertiary/aromatic N) is 1. The normalized spacial score (nSPS) is 10.9. The predicted molar refractivity (Wildman–Crippen MR) is 78.9 cm³/mol. The maximum absolute atomic E-state index is 6.26. The molecule has 2 aromatic rings. The van der Waals surface area contributed by atoms with Crippen molar-refractivity contribution < 1.29 is 4.42 Å². The first-order valence-electron chi connectivity index (χ1n) is 6.21. The van der Waals surface area contributed by atoms with Crippen molar-refractivity contribution in [2.75, 3.05) is 6.54 Å². The van der Waals surface area contributed by atoms with E-state index >= 15 is 0 Å². The highest BCUT2D eigenvalue weighted by molar-refractivity contribution is 7.99. The van der Waals surface area contributed by atoms with Crippen LogP contribution in [-0.2, 0) is 6.54 Å². The van der Waals surface area contributed by atoms with Gasteiger partial charge in [0.2, 0.25) is 0 Å². The van der Waals surface area contributed by atoms with E-state index in [-0.39, 0.29) is 0 Å². The second-order valence-corrected chi connectivity index (χ2v) is 5.62. The average molecular weight is 297 g/mol. The summed E-state index contributed by atoms with van der Waals surface area (Å²) in [5, 5.41) is 4.73. The standard InChI is InChI=1S/C14H17ClN2OS/c1-4-16-8-11-12(15)6-5-7-13(11)19-14-17-9(2)10(3)18-14/h5-7,16H,4,8H2,1-3H3. The Morgan fingerprint density at radius 3 is 2.79 bits per heavy atom. The number of benzene rings is 1. The number of oxazole rings is 1. The number of halogens is 1. The molecular weight excluding hydrogens is 280 g/mol. The summed E-state index contributed by atoms with van der Waals surface area (Å²) in [5.41, 5.74) is 2.02. The van der Waals surface area contributed by atoms with Crippen molar-refractivity contribution in [3.8, 4) is 0 Å². The van der Waals surface area contributed by atoms with Gasteiger partial charge in [0, 0.05) is 16.5 Å². The first-order valence-corrected chi connectivity index (χ1v) is 7.41. The van der Waals surface area contributed by atoms with E-state index in [1.165, 1.54) is 11.8 Å². The van der Waals surface area contributed by atoms with E-state index in [4.69, 9.17) is 16.0 Å². The number of aryl methyl sites for hydroxylation is 2. The van der Waals surface area contributed by atoms with Gasteiger partial charge in [-0.1, -0.05) is 24.6 Å². The minimum atomic E-state index is 0.662. The van der Waals surface area contributed by atoms with Gasteiger partial charge in [-0.3, -0.25) is 0 Å². The minimum absolute atomic E-state index is 0.662. The Kier molecular flexibility index (Phi) is 4.91. The van der Waals surface area contributed by atoms with Gasteiger partial charge in [-0.05, 0) is 49.9 Å². The van der Waals surface area contributed by atoms with Crippen LogP contribution in [0.5, 0.6) is 0 Å². The summed E-state index contributed by atoms with van der Waals surface area (Å²) >= 11 is 7.78. The molecule has 0 fully saturated rings. The lowest BCUT2D eigenvalue weighted by Gasteiger charge is -2.09. The monoisotopic (exact) mass is 296 g/mol. The molecule has 0 aliphatic carbocycles. The third-order valence-corrected chi connectivity index (χ3v) is 4.14. The summed E-state index contributed by atoms with van der Waals surface area (Å²) in [6.45, 7) is 7.60. The van der Waals surface area contributed by atoms with Gasteiger partial charge in [-0.2, -0.15) is 0 Å². The summed E-state index contributed by atoms with van der Waals surface area (Å²) in [6.07, 6.45) is 0. The van der Waals surface area contributed by atoms with Gasteiger partial charge in [0.15, 0.2) is 0 Å². The maximum atomic E-state index is 6.26. The van der Waals surface area contributed by atoms with Gasteiger partial charge in [-0.25, -0.2) is 4.98 Å². The van der Waals surface area contributed by atoms with Gasteiger partial charge in [0.05, 0.1) is 5.69 Å². The molecule has 0 radical (unpaired) electrons. The van der Waals surface area contributed by atoms with Crippen molar-refractivity contribution in [1.82, 2.24) is 10.3 Å². The van der Waals surface area contributed by atoms with Crippen LogP contribution in [-0.4, -0.2) is 11.5 Å². The average Bonchev–Trinajstić information content (AvgIpc) is 2.68. The highest BCUT2D eigenvalue weighted by Gasteiger charge is 2.12. The Balaban J connectivity index is 2.26. The molecule has 0 aliphatic heterocycles. The molecule has 0 spiro atoms. The molecule has 0 bridgehead atoms. The molecule has 1 N–H and O–H groups in total. The Morgan fingerprint density at radius 1 is 1.37 bits per heavy atom. The van der Waals surface area contributed by atoms with Crippen molar-refractivity contribution >= 4 is 23.4 Å². The van der Waals surface area contributed by atoms with Crippen molar-refractivity contribution in [3.63, 3.8) is 0 Å². The molecule has 1 aromatic carbocycles. The van der Waals surface area contributed by atoms with E-state index in [9.17, 15) is 0 Å². The minimum Gasteiger partial charge on any atom is -0.436 e. The van der Waals surface area contributed by atoms with Crippen LogP contribution in [0.25, 0.3) is 0 Å². The largest absolute Gasteiger partial charge is 0.436 e. The third kappa shape index (κ3) is 3.53. The quantitative estimate of drug-likeness (QED) is 0.897. The fourth-order valence-corrected chi connectivity index (χ4v) is 2.92. The third-order valence-electron chi connectivity index (χ3n) is 2.83. The topological polar surface area (TPSA) is 38.1 Å². The summed E-state index contributed by atoms with van der Waals surface area (Å²) < 4.78 is 5.61. The molecule has 2 rings (SSSR count). The van der Waals surface area contributed by atoms with E-state index in [1.54, 1.807) is 0 Å². The van der Waals surface area contributed by atoms with Crippen molar-refractivity contribution in [2.24, 2.45) is 0 Å². The lowest BCUT2D eigenvalue weighted by Crippen LogP contribution is -2.12. The molecule has 102 valence electrons. The smallest absolute Gasteiger partial charge is 0.261 e. The predicted octanol–water partition coefficient (Wildman–Crippen LogP) is 4.21. The highest BCUT2D eigenvalue weighted by atomic mass is 35.5. The molecule has 0 unspecified atom stereocenters. The molecule has 0 atom stereocenters. The Labute approximate surface area is 122 Å². The van der Waals surface area contributed by atoms with Gasteiger partial charge in [0.1, 0.15) is 5.76 Å². The second-order valence-electron chi connectivity index (χ2n) is 4.22. The molecule has 5 heteroatoms. The fourth-order valence-electron chi connectivity index (χ4n) is 1.64. The molecule has 3 nitrogen and oxygen atoms in total. The summed E-state index contributed by atoms with van der Waals surface area (Å²) in [5.74, 6) is 0.859. The molecule has 0 amide bonds. The van der Waals surface area contributed by atoms with E-state index in [0.29, 0.717) is 5.22 Å². The van der Waals surface area contributed by atoms with Gasteiger partial charge >= 0.3 is 0 Å². The molecule has 1 heterocycles. The number of rotatable bonds is 5. The molecular formula is C14H17ClN2OS. The molecule has 0 saturated heterocycles. The van der Waals surface area contributed by atoms with Crippen molar-refractivity contribution in [3.05, 3.63) is 40.2 Å². The van der Waals surface area contributed by atoms with Gasteiger partial charge in [0.25, 0.3) is 5.22 Å². The number of hydrogen-bond acceptors (Lipinski definition) is 4. The zero-order chi connectivity index (χ0) is 13.8. The summed E-state index contributed by atoms with van der Waals surface area (Å²) in [4.78, 5) is 5.47. The zero-order valence-corrected chi connectivity index (χ0v) is 12.9. The van der Waals surface area contributed by atoms with Crippen LogP contribution in [0, 0.1) is 13.8 Å². The molecule has 0 aliphatic rings. The number of nitrogens with one attached hydrogen (secondary N) is 1. The van der Waals surface area contributed by atoms with Gasteiger partial charge in [-0.15, -0.1) is 0 Å². The van der Waals surface area contributed by atoms with Crippen LogP contribution in [0.1, 0.15) is 23.9 Å². The van der Waals surface area contributed by atoms with Gasteiger partial charge < -0.3 is 9.73 Å². The lowest BCUT2D eigenvalue weighted by atomic mass is 10.2.